The second kappa shape index (κ2) is 5.45. The van der Waals surface area contributed by atoms with Crippen molar-refractivity contribution in [2.45, 2.75) is 78.6 Å². The van der Waals surface area contributed by atoms with Gasteiger partial charge >= 0.3 is 0 Å². The zero-order chi connectivity index (χ0) is 15.9. The maximum atomic E-state index is 4.13. The first-order valence-electron chi connectivity index (χ1n) is 7.50. The monoisotopic (exact) mass is 344 g/mol. The van der Waals surface area contributed by atoms with Gasteiger partial charge in [-0.2, -0.15) is 0 Å². The summed E-state index contributed by atoms with van der Waals surface area (Å²) in [6.45, 7) is 29.4. The molecule has 0 bridgehead atoms. The highest BCUT2D eigenvalue weighted by Gasteiger charge is 2.61. The number of hydrogen-bond donors (Lipinski definition) is 0. The van der Waals surface area contributed by atoms with Gasteiger partial charge in [0.2, 0.25) is 0 Å². The Hall–Kier alpha value is 0.644. The highest BCUT2D eigenvalue weighted by atomic mass is 29.9. The fourth-order valence-electron chi connectivity index (χ4n) is 4.22. The Labute approximate surface area is 127 Å². The van der Waals surface area contributed by atoms with E-state index in [1.807, 2.05) is 0 Å². The van der Waals surface area contributed by atoms with Crippen LogP contribution in [0.25, 0.3) is 0 Å². The normalized spacial score (nSPS) is 14.9. The van der Waals surface area contributed by atoms with Crippen molar-refractivity contribution in [2.24, 2.45) is 0 Å². The zero-order valence-electron chi connectivity index (χ0n) is 15.5. The zero-order valence-corrected chi connectivity index (χ0v) is 20.5. The summed E-state index contributed by atoms with van der Waals surface area (Å²) in [7, 11) is -4.85. The van der Waals surface area contributed by atoms with Crippen LogP contribution in [0.2, 0.25) is 78.6 Å². The molecule has 112 valence electrons. The van der Waals surface area contributed by atoms with Crippen molar-refractivity contribution in [3.05, 3.63) is 0 Å². The van der Waals surface area contributed by atoms with Crippen molar-refractivity contribution in [1.82, 2.24) is 0 Å². The third-order valence-electron chi connectivity index (χ3n) is 4.00. The molecule has 0 fully saturated rings. The maximum Gasteiger partial charge on any atom is 0.128 e. The lowest BCUT2D eigenvalue weighted by Crippen LogP contribution is -2.82. The van der Waals surface area contributed by atoms with Crippen molar-refractivity contribution < 1.29 is 0 Å². The van der Waals surface area contributed by atoms with E-state index in [0.717, 1.165) is 0 Å². The fourth-order valence-corrected chi connectivity index (χ4v) is 100. The molecule has 0 radical (unpaired) electrons. The minimum atomic E-state index is -1.42. The van der Waals surface area contributed by atoms with Gasteiger partial charge in [0.15, 0.2) is 0 Å². The van der Waals surface area contributed by atoms with E-state index in [-0.39, 0.29) is 0 Å². The molecule has 0 nitrogen and oxygen atoms in total. The molecule has 0 N–H and O–H groups in total. The van der Waals surface area contributed by atoms with Crippen LogP contribution in [0.3, 0.4) is 0 Å². The first kappa shape index (κ1) is 19.6. The summed E-state index contributed by atoms with van der Waals surface area (Å²) in [6, 6.07) is 0. The van der Waals surface area contributed by atoms with E-state index < -0.39 is 37.5 Å². The Kier molecular flexibility index (Phi) is 5.63. The number of rotatable bonds is 3. The molecule has 0 aromatic carbocycles. The Morgan fingerprint density at radius 3 is 0.842 bits per heavy atom. The first-order valence-corrected chi connectivity index (χ1v) is 26.5. The molecule has 0 aliphatic carbocycles. The summed E-state index contributed by atoms with van der Waals surface area (Å²) < 4.78 is 0. The highest BCUT2D eigenvalue weighted by Crippen LogP contribution is 2.36. The maximum absolute atomic E-state index is 4.13. The van der Waals surface area contributed by atoms with Crippen molar-refractivity contribution >= 4 is 37.5 Å². The van der Waals surface area contributed by atoms with Gasteiger partial charge in [0.05, 0.1) is 0 Å². The van der Waals surface area contributed by atoms with Crippen LogP contribution < -0.4 is 0 Å². The number of hydrogen-bond acceptors (Lipinski definition) is 0. The molecule has 0 rings (SSSR count). The van der Waals surface area contributed by atoms with Gasteiger partial charge in [-0.15, -0.1) is 11.1 Å². The van der Waals surface area contributed by atoms with Crippen LogP contribution in [0.1, 0.15) is 0 Å². The second-order valence-electron chi connectivity index (χ2n) is 10.0. The molecule has 0 saturated carbocycles. The first-order chi connectivity index (χ1) is 7.96. The predicted molar refractivity (Wildman–Crippen MR) is 107 cm³/mol. The average Bonchev–Trinajstić information content (AvgIpc) is 1.92. The van der Waals surface area contributed by atoms with Crippen LogP contribution in [0.15, 0.2) is 0 Å². The van der Waals surface area contributed by atoms with E-state index in [0.29, 0.717) is 0 Å². The fraction of sp³-hybridized carbons (Fsp3) is 0.857. The van der Waals surface area contributed by atoms with Crippen molar-refractivity contribution in [3.8, 4) is 11.1 Å². The quantitative estimate of drug-likeness (QED) is 0.493. The largest absolute Gasteiger partial charge is 0.147 e. The molecular weight excluding hydrogens is 309 g/mol. The standard InChI is InChI=1S/C14H36Si5/c1-15(2,3)13-14-19(16(4,5)6,17(7,8)9)18(10,11)12/h1-12H3. The van der Waals surface area contributed by atoms with Gasteiger partial charge in [0.25, 0.3) is 0 Å². The van der Waals surface area contributed by atoms with Crippen LogP contribution >= 0.6 is 0 Å². The molecule has 0 aliphatic rings. The minimum Gasteiger partial charge on any atom is -0.147 e. The summed E-state index contributed by atoms with van der Waals surface area (Å²) in [6.07, 6.45) is 0. The van der Waals surface area contributed by atoms with E-state index in [1.165, 1.54) is 0 Å². The lowest BCUT2D eigenvalue weighted by atomic mass is 11.4. The van der Waals surface area contributed by atoms with Crippen LogP contribution in [-0.2, 0) is 0 Å². The van der Waals surface area contributed by atoms with Crippen LogP contribution in [-0.4, -0.2) is 37.5 Å². The highest BCUT2D eigenvalue weighted by molar-refractivity contribution is 7.91. The van der Waals surface area contributed by atoms with Gasteiger partial charge < -0.3 is 0 Å². The van der Waals surface area contributed by atoms with E-state index in [1.54, 1.807) is 0 Å². The molecule has 0 spiro atoms. The van der Waals surface area contributed by atoms with E-state index >= 15 is 0 Å². The molecule has 0 saturated heterocycles. The van der Waals surface area contributed by atoms with Crippen molar-refractivity contribution in [3.63, 3.8) is 0 Å². The summed E-state index contributed by atoms with van der Waals surface area (Å²) in [5, 5.41) is 0. The molecule has 0 aromatic heterocycles. The van der Waals surface area contributed by atoms with Crippen LogP contribution in [0.5, 0.6) is 0 Å². The molecule has 0 amide bonds. The Bertz CT molecular complexity index is 338. The molecule has 0 unspecified atom stereocenters. The molecule has 5 heteroatoms. The van der Waals surface area contributed by atoms with E-state index in [9.17, 15) is 0 Å². The third-order valence-corrected chi connectivity index (χ3v) is 74.2. The van der Waals surface area contributed by atoms with Gasteiger partial charge in [-0.1, -0.05) is 78.6 Å². The SMILES string of the molecule is C[Si](C)(C)C#C[Si]([Si](C)(C)C)([Si](C)(C)C)[Si](C)(C)C. The van der Waals surface area contributed by atoms with Gasteiger partial charge in [0.1, 0.15) is 14.7 Å². The third kappa shape index (κ3) is 4.30. The summed E-state index contributed by atoms with van der Waals surface area (Å²) in [5.41, 5.74) is 7.97. The lowest BCUT2D eigenvalue weighted by molar-refractivity contribution is 1.74. The second-order valence-corrected chi connectivity index (χ2v) is 54.8. The Morgan fingerprint density at radius 2 is 0.684 bits per heavy atom. The minimum absolute atomic E-state index is 1.20. The Morgan fingerprint density at radius 1 is 0.421 bits per heavy atom. The lowest BCUT2D eigenvalue weighted by Gasteiger charge is -2.53. The van der Waals surface area contributed by atoms with Crippen LogP contribution in [0.4, 0.5) is 0 Å². The molecular formula is C14H36Si5. The molecule has 0 aromatic rings. The van der Waals surface area contributed by atoms with Gasteiger partial charge in [-0.25, -0.2) is 0 Å². The topological polar surface area (TPSA) is 0 Å². The Balaban J connectivity index is 6.35. The molecule has 0 atom stereocenters. The van der Waals surface area contributed by atoms with Gasteiger partial charge in [-0.05, 0) is 0 Å². The summed E-state index contributed by atoms with van der Waals surface area (Å²) in [5.74, 6) is 0. The summed E-state index contributed by atoms with van der Waals surface area (Å²) in [4.78, 5) is 0. The molecule has 19 heavy (non-hydrogen) atoms. The van der Waals surface area contributed by atoms with E-state index in [2.05, 4.69) is 89.7 Å². The predicted octanol–water partition coefficient (Wildman–Crippen LogP) is 5.11. The van der Waals surface area contributed by atoms with Crippen molar-refractivity contribution in [2.75, 3.05) is 0 Å². The van der Waals surface area contributed by atoms with Crippen LogP contribution in [0, 0.1) is 11.1 Å². The molecule has 0 heterocycles. The van der Waals surface area contributed by atoms with E-state index in [4.69, 9.17) is 0 Å². The smallest absolute Gasteiger partial charge is 0.128 e. The van der Waals surface area contributed by atoms with Gasteiger partial charge in [0, 0.05) is 22.8 Å². The summed E-state index contributed by atoms with van der Waals surface area (Å²) >= 11 is 0. The molecule has 0 aliphatic heterocycles. The van der Waals surface area contributed by atoms with Gasteiger partial charge in [-0.3, -0.25) is 0 Å². The average molecular weight is 345 g/mol. The van der Waals surface area contributed by atoms with Crippen molar-refractivity contribution in [1.29, 1.82) is 0 Å².